The summed E-state index contributed by atoms with van der Waals surface area (Å²) < 4.78 is 21.1. The molecule has 1 heterocycles. The molecule has 0 N–H and O–H groups in total. The van der Waals surface area contributed by atoms with Gasteiger partial charge in [0, 0.05) is 24.9 Å². The molecule has 0 aromatic heterocycles. The van der Waals surface area contributed by atoms with Gasteiger partial charge in [-0.1, -0.05) is 12.1 Å². The minimum Gasteiger partial charge on any atom is -0.497 e. The molecule has 10 heteroatoms. The van der Waals surface area contributed by atoms with Crippen molar-refractivity contribution < 1.29 is 33.3 Å². The number of fused-ring (bicyclic) bond motifs is 1. The van der Waals surface area contributed by atoms with Crippen LogP contribution in [0.15, 0.2) is 47.4 Å². The number of anilines is 1. The fourth-order valence-electron chi connectivity index (χ4n) is 3.56. The van der Waals surface area contributed by atoms with Crippen molar-refractivity contribution in [1.29, 1.82) is 0 Å². The Labute approximate surface area is 209 Å². The quantitative estimate of drug-likeness (QED) is 0.480. The first-order valence-corrected chi connectivity index (χ1v) is 11.9. The lowest BCUT2D eigenvalue weighted by atomic mass is 10.1. The number of likely N-dealkylation sites (N-methyl/N-ethyl adjacent to an activating group) is 1. The van der Waals surface area contributed by atoms with Crippen molar-refractivity contribution in [1.82, 2.24) is 4.90 Å². The molecule has 3 rings (SSSR count). The van der Waals surface area contributed by atoms with Gasteiger partial charge in [0.25, 0.3) is 5.91 Å². The maximum absolute atomic E-state index is 13.8. The summed E-state index contributed by atoms with van der Waals surface area (Å²) in [5.74, 6) is -0.211. The molecule has 1 aliphatic heterocycles. The SMILES string of the molecule is COC(=O)COc1ccc2c(c1)S[C@@H](c1ccc(OC)cc1)[C@@H](OC(C)=O)C(=O)N2CCN(C)C. The molecule has 2 atom stereocenters. The summed E-state index contributed by atoms with van der Waals surface area (Å²) in [4.78, 5) is 41.7. The van der Waals surface area contributed by atoms with Crippen molar-refractivity contribution in [3.05, 3.63) is 48.0 Å². The third kappa shape index (κ3) is 6.67. The molecule has 0 bridgehead atoms. The zero-order valence-corrected chi connectivity index (χ0v) is 21.3. The van der Waals surface area contributed by atoms with Crippen molar-refractivity contribution in [3.63, 3.8) is 0 Å². The number of carbonyl (C=O) groups excluding carboxylic acids is 3. The van der Waals surface area contributed by atoms with Gasteiger partial charge in [0.15, 0.2) is 12.7 Å². The monoisotopic (exact) mass is 502 g/mol. The smallest absolute Gasteiger partial charge is 0.343 e. The second-order valence-electron chi connectivity index (χ2n) is 8.13. The van der Waals surface area contributed by atoms with Crippen molar-refractivity contribution in [2.24, 2.45) is 0 Å². The summed E-state index contributed by atoms with van der Waals surface area (Å²) in [7, 11) is 6.72. The molecular weight excluding hydrogens is 472 g/mol. The molecule has 0 unspecified atom stereocenters. The van der Waals surface area contributed by atoms with Crippen LogP contribution in [0, 0.1) is 0 Å². The Balaban J connectivity index is 2.07. The van der Waals surface area contributed by atoms with Gasteiger partial charge in [-0.2, -0.15) is 0 Å². The molecule has 188 valence electrons. The van der Waals surface area contributed by atoms with E-state index < -0.39 is 23.3 Å². The first-order chi connectivity index (χ1) is 16.7. The lowest BCUT2D eigenvalue weighted by molar-refractivity contribution is -0.152. The minimum absolute atomic E-state index is 0.235. The van der Waals surface area contributed by atoms with Crippen LogP contribution in [0.1, 0.15) is 17.7 Å². The molecule has 0 aliphatic carbocycles. The van der Waals surface area contributed by atoms with Crippen molar-refractivity contribution in [2.75, 3.05) is 52.9 Å². The molecular formula is C25H30N2O7S. The Morgan fingerprint density at radius 2 is 1.74 bits per heavy atom. The van der Waals surface area contributed by atoms with Crippen molar-refractivity contribution in [2.45, 2.75) is 23.2 Å². The van der Waals surface area contributed by atoms with Crippen LogP contribution in [0.4, 0.5) is 5.69 Å². The number of methoxy groups -OCH3 is 2. The fraction of sp³-hybridized carbons (Fsp3) is 0.400. The summed E-state index contributed by atoms with van der Waals surface area (Å²) >= 11 is 1.40. The number of amides is 1. The number of carbonyl (C=O) groups is 3. The van der Waals surface area contributed by atoms with Gasteiger partial charge in [-0.05, 0) is 50.0 Å². The maximum Gasteiger partial charge on any atom is 0.343 e. The van der Waals surface area contributed by atoms with Crippen LogP contribution in [0.5, 0.6) is 11.5 Å². The normalized spacial score (nSPS) is 17.4. The second-order valence-corrected chi connectivity index (χ2v) is 9.31. The zero-order chi connectivity index (χ0) is 25.5. The highest BCUT2D eigenvalue weighted by molar-refractivity contribution is 7.99. The number of benzene rings is 2. The molecule has 9 nitrogen and oxygen atoms in total. The Bertz CT molecular complexity index is 1060. The van der Waals surface area contributed by atoms with Crippen LogP contribution in [-0.4, -0.2) is 76.9 Å². The molecule has 0 radical (unpaired) electrons. The van der Waals surface area contributed by atoms with Gasteiger partial charge >= 0.3 is 11.9 Å². The van der Waals surface area contributed by atoms with Crippen molar-refractivity contribution in [3.8, 4) is 11.5 Å². The standard InChI is InChI=1S/C25H30N2O7S/c1-16(28)34-23-24(17-6-8-18(31-4)9-7-17)35-21-14-19(33-15-22(29)32-5)10-11-20(21)27(25(23)30)13-12-26(2)3/h6-11,14,23-24H,12-13,15H2,1-5H3/t23-,24+/m1/s1. The number of rotatable bonds is 9. The first kappa shape index (κ1) is 26.4. The van der Waals surface area contributed by atoms with Crippen molar-refractivity contribution >= 4 is 35.3 Å². The molecule has 35 heavy (non-hydrogen) atoms. The van der Waals surface area contributed by atoms with Gasteiger partial charge in [0.2, 0.25) is 0 Å². The van der Waals surface area contributed by atoms with Gasteiger partial charge in [0.05, 0.1) is 25.2 Å². The van der Waals surface area contributed by atoms with Crippen LogP contribution in [0.3, 0.4) is 0 Å². The third-order valence-electron chi connectivity index (χ3n) is 5.35. The summed E-state index contributed by atoms with van der Waals surface area (Å²) in [6.07, 6.45) is -1.04. The van der Waals surface area contributed by atoms with E-state index in [9.17, 15) is 14.4 Å². The fourth-order valence-corrected chi connectivity index (χ4v) is 4.91. The summed E-state index contributed by atoms with van der Waals surface area (Å²) in [5, 5.41) is -0.517. The minimum atomic E-state index is -1.04. The van der Waals surface area contributed by atoms with Gasteiger partial charge in [-0.15, -0.1) is 11.8 Å². The first-order valence-electron chi connectivity index (χ1n) is 11.0. The van der Waals surface area contributed by atoms with E-state index in [1.165, 1.54) is 25.8 Å². The van der Waals surface area contributed by atoms with Crippen LogP contribution >= 0.6 is 11.8 Å². The van der Waals surface area contributed by atoms with E-state index in [4.69, 9.17) is 14.2 Å². The Morgan fingerprint density at radius 3 is 2.34 bits per heavy atom. The van der Waals surface area contributed by atoms with E-state index >= 15 is 0 Å². The molecule has 0 saturated heterocycles. The zero-order valence-electron chi connectivity index (χ0n) is 20.5. The van der Waals surface area contributed by atoms with Gasteiger partial charge in [-0.25, -0.2) is 4.79 Å². The molecule has 2 aromatic carbocycles. The van der Waals surface area contributed by atoms with E-state index in [2.05, 4.69) is 4.74 Å². The van der Waals surface area contributed by atoms with E-state index in [0.29, 0.717) is 30.3 Å². The predicted octanol–water partition coefficient (Wildman–Crippen LogP) is 2.92. The number of hydrogen-bond donors (Lipinski definition) is 0. The second kappa shape index (κ2) is 11.9. The highest BCUT2D eigenvalue weighted by Gasteiger charge is 2.41. The van der Waals surface area contributed by atoms with E-state index in [1.54, 1.807) is 42.3 Å². The predicted molar refractivity (Wildman–Crippen MR) is 132 cm³/mol. The number of hydrogen-bond acceptors (Lipinski definition) is 9. The third-order valence-corrected chi connectivity index (χ3v) is 6.71. The Morgan fingerprint density at radius 1 is 1.06 bits per heavy atom. The average Bonchev–Trinajstić information content (AvgIpc) is 2.95. The molecule has 2 aromatic rings. The Hall–Kier alpha value is -3.24. The molecule has 0 spiro atoms. The number of esters is 2. The highest BCUT2D eigenvalue weighted by atomic mass is 32.2. The summed E-state index contributed by atoms with van der Waals surface area (Å²) in [6, 6.07) is 12.6. The summed E-state index contributed by atoms with van der Waals surface area (Å²) in [5.41, 5.74) is 1.48. The largest absolute Gasteiger partial charge is 0.497 e. The number of ether oxygens (including phenoxy) is 4. The molecule has 0 fully saturated rings. The van der Waals surface area contributed by atoms with Gasteiger partial charge in [0.1, 0.15) is 11.5 Å². The van der Waals surface area contributed by atoms with Crippen LogP contribution in [-0.2, 0) is 23.9 Å². The van der Waals surface area contributed by atoms with E-state index in [-0.39, 0.29) is 12.5 Å². The molecule has 1 aliphatic rings. The lowest BCUT2D eigenvalue weighted by Gasteiger charge is -2.28. The maximum atomic E-state index is 13.8. The van der Waals surface area contributed by atoms with Gasteiger partial charge < -0.3 is 28.7 Å². The Kier molecular flexibility index (Phi) is 9.00. The number of thioether (sulfide) groups is 1. The highest BCUT2D eigenvalue weighted by Crippen LogP contribution is 2.48. The van der Waals surface area contributed by atoms with Crippen LogP contribution in [0.25, 0.3) is 0 Å². The van der Waals surface area contributed by atoms with Gasteiger partial charge in [-0.3, -0.25) is 9.59 Å². The molecule has 0 saturated carbocycles. The van der Waals surface area contributed by atoms with E-state index in [1.807, 2.05) is 31.1 Å². The number of nitrogens with zero attached hydrogens (tertiary/aromatic N) is 2. The summed E-state index contributed by atoms with van der Waals surface area (Å²) in [6.45, 7) is 2.07. The topological polar surface area (TPSA) is 94.6 Å². The van der Waals surface area contributed by atoms with Crippen LogP contribution < -0.4 is 14.4 Å². The van der Waals surface area contributed by atoms with E-state index in [0.717, 1.165) is 10.5 Å². The average molecular weight is 503 g/mol. The molecule has 1 amide bonds. The lowest BCUT2D eigenvalue weighted by Crippen LogP contribution is -2.45. The van der Waals surface area contributed by atoms with Crippen LogP contribution in [0.2, 0.25) is 0 Å².